The minimum atomic E-state index is 0.324. The zero-order valence-corrected chi connectivity index (χ0v) is 9.94. The molecule has 1 unspecified atom stereocenters. The molecule has 0 radical (unpaired) electrons. The van der Waals surface area contributed by atoms with Crippen LogP contribution < -0.4 is 5.32 Å². The van der Waals surface area contributed by atoms with Crippen LogP contribution in [0.1, 0.15) is 40.0 Å². The molecule has 0 amide bonds. The molecular formula is C12H25NO. The third-order valence-corrected chi connectivity index (χ3v) is 3.16. The second kappa shape index (κ2) is 5.72. The molecule has 0 aromatic carbocycles. The van der Waals surface area contributed by atoms with Gasteiger partial charge in [0.05, 0.1) is 6.61 Å². The maximum Gasteiger partial charge on any atom is 0.0531 e. The molecule has 0 aromatic heterocycles. The summed E-state index contributed by atoms with van der Waals surface area (Å²) in [6, 6.07) is 0. The molecule has 1 aliphatic rings. The fraction of sp³-hybridized carbons (Fsp3) is 1.00. The summed E-state index contributed by atoms with van der Waals surface area (Å²) in [5.74, 6) is 0.884. The maximum atomic E-state index is 5.77. The summed E-state index contributed by atoms with van der Waals surface area (Å²) in [6.45, 7) is 10.7. The number of rotatable bonds is 8. The zero-order valence-electron chi connectivity index (χ0n) is 9.94. The van der Waals surface area contributed by atoms with Gasteiger partial charge in [-0.15, -0.1) is 0 Å². The molecule has 0 saturated heterocycles. The first kappa shape index (κ1) is 12.0. The quantitative estimate of drug-likeness (QED) is 0.648. The van der Waals surface area contributed by atoms with Crippen LogP contribution in [0.5, 0.6) is 0 Å². The Hall–Kier alpha value is -0.0800. The van der Waals surface area contributed by atoms with Crippen molar-refractivity contribution in [3.63, 3.8) is 0 Å². The van der Waals surface area contributed by atoms with E-state index < -0.39 is 0 Å². The van der Waals surface area contributed by atoms with E-state index in [1.165, 1.54) is 19.3 Å². The summed E-state index contributed by atoms with van der Waals surface area (Å²) >= 11 is 0. The normalized spacial score (nSPS) is 20.8. The lowest BCUT2D eigenvalue weighted by atomic mass is 9.88. The number of ether oxygens (including phenoxy) is 1. The summed E-state index contributed by atoms with van der Waals surface area (Å²) in [6.07, 6.45) is 3.96. The van der Waals surface area contributed by atoms with Gasteiger partial charge in [0.25, 0.3) is 0 Å². The van der Waals surface area contributed by atoms with E-state index in [4.69, 9.17) is 4.74 Å². The van der Waals surface area contributed by atoms with Crippen LogP contribution in [-0.4, -0.2) is 26.3 Å². The van der Waals surface area contributed by atoms with Gasteiger partial charge in [0.2, 0.25) is 0 Å². The highest BCUT2D eigenvalue weighted by atomic mass is 16.5. The predicted octanol–water partition coefficient (Wildman–Crippen LogP) is 2.44. The van der Waals surface area contributed by atoms with Gasteiger partial charge in [-0.2, -0.15) is 0 Å². The minimum absolute atomic E-state index is 0.324. The summed E-state index contributed by atoms with van der Waals surface area (Å²) in [5.41, 5.74) is 0.324. The Morgan fingerprint density at radius 3 is 2.57 bits per heavy atom. The van der Waals surface area contributed by atoms with E-state index >= 15 is 0 Å². The molecule has 2 nitrogen and oxygen atoms in total. The number of hydrogen-bond acceptors (Lipinski definition) is 2. The van der Waals surface area contributed by atoms with Gasteiger partial charge < -0.3 is 10.1 Å². The van der Waals surface area contributed by atoms with Crippen molar-refractivity contribution in [1.82, 2.24) is 5.32 Å². The smallest absolute Gasteiger partial charge is 0.0531 e. The van der Waals surface area contributed by atoms with Gasteiger partial charge in [-0.1, -0.05) is 20.8 Å². The Morgan fingerprint density at radius 1 is 1.36 bits per heavy atom. The fourth-order valence-electron chi connectivity index (χ4n) is 1.46. The van der Waals surface area contributed by atoms with E-state index in [-0.39, 0.29) is 0 Å². The van der Waals surface area contributed by atoms with E-state index in [1.807, 2.05) is 0 Å². The number of nitrogens with one attached hydrogen (secondary N) is 1. The molecule has 0 spiro atoms. The Labute approximate surface area is 88.4 Å². The molecule has 1 aliphatic carbocycles. The average Bonchev–Trinajstić information content (AvgIpc) is 2.99. The second-order valence-corrected chi connectivity index (χ2v) is 4.90. The largest absolute Gasteiger partial charge is 0.381 e. The van der Waals surface area contributed by atoms with Crippen LogP contribution in [0.3, 0.4) is 0 Å². The van der Waals surface area contributed by atoms with Crippen molar-refractivity contribution in [3.8, 4) is 0 Å². The second-order valence-electron chi connectivity index (χ2n) is 4.90. The van der Waals surface area contributed by atoms with Crippen LogP contribution in [-0.2, 0) is 4.74 Å². The lowest BCUT2D eigenvalue weighted by molar-refractivity contribution is 0.0448. The van der Waals surface area contributed by atoms with Crippen molar-refractivity contribution in [2.24, 2.45) is 11.3 Å². The highest BCUT2D eigenvalue weighted by molar-refractivity contribution is 4.77. The first-order chi connectivity index (χ1) is 6.70. The van der Waals surface area contributed by atoms with Crippen LogP contribution >= 0.6 is 0 Å². The molecule has 1 atom stereocenters. The van der Waals surface area contributed by atoms with Crippen molar-refractivity contribution in [3.05, 3.63) is 0 Å². The highest BCUT2D eigenvalue weighted by Gasteiger charge is 2.25. The van der Waals surface area contributed by atoms with Gasteiger partial charge in [0.1, 0.15) is 0 Å². The maximum absolute atomic E-state index is 5.77. The van der Waals surface area contributed by atoms with E-state index in [0.29, 0.717) is 5.41 Å². The molecule has 1 saturated carbocycles. The molecule has 2 heteroatoms. The molecule has 0 heterocycles. The van der Waals surface area contributed by atoms with Gasteiger partial charge >= 0.3 is 0 Å². The first-order valence-corrected chi connectivity index (χ1v) is 5.98. The topological polar surface area (TPSA) is 21.3 Å². The van der Waals surface area contributed by atoms with Crippen molar-refractivity contribution in [2.75, 3.05) is 26.3 Å². The lowest BCUT2D eigenvalue weighted by Crippen LogP contribution is -2.35. The van der Waals surface area contributed by atoms with Crippen molar-refractivity contribution in [1.29, 1.82) is 0 Å². The lowest BCUT2D eigenvalue weighted by Gasteiger charge is -2.28. The molecule has 0 bridgehead atoms. The molecule has 84 valence electrons. The van der Waals surface area contributed by atoms with Crippen molar-refractivity contribution < 1.29 is 4.74 Å². The van der Waals surface area contributed by atoms with E-state index in [9.17, 15) is 0 Å². The van der Waals surface area contributed by atoms with Crippen LogP contribution in [0.4, 0.5) is 0 Å². The standard InChI is InChI=1S/C12H25NO/c1-4-12(3,9-13-5-2)10-14-8-11-6-7-11/h11,13H,4-10H2,1-3H3. The Kier molecular flexibility index (Phi) is 4.90. The zero-order chi connectivity index (χ0) is 10.4. The number of hydrogen-bond donors (Lipinski definition) is 1. The van der Waals surface area contributed by atoms with Crippen LogP contribution in [0.2, 0.25) is 0 Å². The fourth-order valence-corrected chi connectivity index (χ4v) is 1.46. The third kappa shape index (κ3) is 4.43. The Morgan fingerprint density at radius 2 is 2.07 bits per heavy atom. The van der Waals surface area contributed by atoms with Gasteiger partial charge in [0, 0.05) is 18.6 Å². The molecular weight excluding hydrogens is 174 g/mol. The molecule has 1 rings (SSSR count). The first-order valence-electron chi connectivity index (χ1n) is 5.98. The monoisotopic (exact) mass is 199 g/mol. The van der Waals surface area contributed by atoms with E-state index in [0.717, 1.165) is 32.2 Å². The van der Waals surface area contributed by atoms with E-state index in [2.05, 4.69) is 26.1 Å². The van der Waals surface area contributed by atoms with Crippen LogP contribution in [0.15, 0.2) is 0 Å². The average molecular weight is 199 g/mol. The minimum Gasteiger partial charge on any atom is -0.381 e. The summed E-state index contributed by atoms with van der Waals surface area (Å²) in [7, 11) is 0. The summed E-state index contributed by atoms with van der Waals surface area (Å²) in [5, 5.41) is 3.41. The molecule has 1 fully saturated rings. The molecule has 1 N–H and O–H groups in total. The van der Waals surface area contributed by atoms with E-state index in [1.54, 1.807) is 0 Å². The van der Waals surface area contributed by atoms with Crippen molar-refractivity contribution in [2.45, 2.75) is 40.0 Å². The van der Waals surface area contributed by atoms with Gasteiger partial charge in [0.15, 0.2) is 0 Å². The van der Waals surface area contributed by atoms with Crippen molar-refractivity contribution >= 4 is 0 Å². The van der Waals surface area contributed by atoms with Crippen LogP contribution in [0.25, 0.3) is 0 Å². The highest BCUT2D eigenvalue weighted by Crippen LogP contribution is 2.30. The predicted molar refractivity (Wildman–Crippen MR) is 60.5 cm³/mol. The van der Waals surface area contributed by atoms with Gasteiger partial charge in [-0.3, -0.25) is 0 Å². The third-order valence-electron chi connectivity index (χ3n) is 3.16. The van der Waals surface area contributed by atoms with Gasteiger partial charge in [-0.25, -0.2) is 0 Å². The summed E-state index contributed by atoms with van der Waals surface area (Å²) < 4.78 is 5.77. The molecule has 0 aliphatic heterocycles. The SMILES string of the molecule is CCNCC(C)(CC)COCC1CC1. The van der Waals surface area contributed by atoms with Crippen LogP contribution in [0, 0.1) is 11.3 Å². The van der Waals surface area contributed by atoms with Gasteiger partial charge in [-0.05, 0) is 31.7 Å². The Bertz CT molecular complexity index is 156. The molecule has 0 aromatic rings. The summed E-state index contributed by atoms with van der Waals surface area (Å²) in [4.78, 5) is 0. The molecule has 14 heavy (non-hydrogen) atoms. The Balaban J connectivity index is 2.12.